The van der Waals surface area contributed by atoms with Crippen molar-refractivity contribution in [3.63, 3.8) is 0 Å². The molecule has 2 fully saturated rings. The molecule has 2 aliphatic rings. The number of hydrogen-bond donors (Lipinski definition) is 3. The van der Waals surface area contributed by atoms with Gasteiger partial charge >= 0.3 is 0 Å². The number of fused-ring (bicyclic) bond motifs is 1. The molecule has 6 atom stereocenters. The van der Waals surface area contributed by atoms with Crippen LogP contribution in [-0.2, 0) is 16.0 Å². The summed E-state index contributed by atoms with van der Waals surface area (Å²) in [4.78, 5) is 28.5. The topological polar surface area (TPSA) is 81.7 Å². The van der Waals surface area contributed by atoms with Crippen LogP contribution in [-0.4, -0.2) is 70.6 Å². The van der Waals surface area contributed by atoms with Gasteiger partial charge in [0.05, 0.1) is 18.2 Å². The summed E-state index contributed by atoms with van der Waals surface area (Å²) in [6.45, 7) is 9.17. The molecular formula is C29H47N3O3S. The van der Waals surface area contributed by atoms with Gasteiger partial charge in [0.25, 0.3) is 0 Å². The van der Waals surface area contributed by atoms with Crippen LogP contribution in [0.4, 0.5) is 0 Å². The summed E-state index contributed by atoms with van der Waals surface area (Å²) in [5.41, 5.74) is 0.773. The first kappa shape index (κ1) is 29.0. The first-order valence-corrected chi connectivity index (χ1v) is 15.0. The number of hydrogen-bond acceptors (Lipinski definition) is 5. The Bertz CT molecular complexity index is 844. The molecule has 0 spiro atoms. The van der Waals surface area contributed by atoms with Gasteiger partial charge in [0.1, 0.15) is 0 Å². The fourth-order valence-electron chi connectivity index (χ4n) is 5.80. The van der Waals surface area contributed by atoms with Crippen molar-refractivity contribution in [1.82, 2.24) is 15.5 Å². The highest BCUT2D eigenvalue weighted by Gasteiger charge is 2.41. The average Bonchev–Trinajstić information content (AvgIpc) is 2.82. The minimum Gasteiger partial charge on any atom is -0.390 e. The average molecular weight is 518 g/mol. The molecule has 1 heterocycles. The molecule has 1 aliphatic heterocycles. The molecule has 0 unspecified atom stereocenters. The number of nitrogens with zero attached hydrogens (tertiary/aromatic N) is 1. The molecule has 1 aromatic carbocycles. The van der Waals surface area contributed by atoms with Gasteiger partial charge in [-0.2, -0.15) is 11.8 Å². The van der Waals surface area contributed by atoms with Crippen LogP contribution in [0.2, 0.25) is 0 Å². The van der Waals surface area contributed by atoms with Crippen molar-refractivity contribution in [1.29, 1.82) is 0 Å². The molecule has 0 bridgehead atoms. The van der Waals surface area contributed by atoms with Gasteiger partial charge in [-0.05, 0) is 63.7 Å². The number of benzene rings is 1. The van der Waals surface area contributed by atoms with E-state index in [0.29, 0.717) is 24.8 Å². The maximum absolute atomic E-state index is 13.4. The van der Waals surface area contributed by atoms with E-state index in [1.807, 2.05) is 64.3 Å². The van der Waals surface area contributed by atoms with Gasteiger partial charge in [-0.3, -0.25) is 14.5 Å². The monoisotopic (exact) mass is 517 g/mol. The van der Waals surface area contributed by atoms with Crippen LogP contribution in [0.15, 0.2) is 30.3 Å². The minimum atomic E-state index is -0.777. The standard InChI is InChI=1S/C29H47N3O3S/c1-20(19-36-5)27(34)30-24(15-21-11-7-6-8-12-21)26(33)18-32-17-23-14-10-9-13-22(23)16-25(32)28(35)31-29(2,3)4/h6-8,11-12,20,22-26,33H,9-10,13-19H2,1-5H3,(H,30,34)(H,31,35)/t20-,22+,23-,24+,25+,26-/m1/s1. The highest BCUT2D eigenvalue weighted by Crippen LogP contribution is 2.39. The third kappa shape index (κ3) is 8.49. The number of likely N-dealkylation sites (tertiary alicyclic amines) is 1. The van der Waals surface area contributed by atoms with Crippen LogP contribution < -0.4 is 10.6 Å². The molecule has 3 N–H and O–H groups in total. The van der Waals surface area contributed by atoms with Crippen LogP contribution >= 0.6 is 11.8 Å². The first-order chi connectivity index (χ1) is 17.1. The van der Waals surface area contributed by atoms with E-state index in [0.717, 1.165) is 24.3 Å². The second kappa shape index (κ2) is 13.3. The van der Waals surface area contributed by atoms with Crippen molar-refractivity contribution in [3.05, 3.63) is 35.9 Å². The summed E-state index contributed by atoms with van der Waals surface area (Å²) >= 11 is 1.65. The Morgan fingerprint density at radius 3 is 2.44 bits per heavy atom. The number of rotatable bonds is 10. The summed E-state index contributed by atoms with van der Waals surface area (Å²) in [7, 11) is 0. The normalized spacial score (nSPS) is 25.3. The Morgan fingerprint density at radius 2 is 1.81 bits per heavy atom. The molecular weight excluding hydrogens is 470 g/mol. The Hall–Kier alpha value is -1.57. The zero-order chi connectivity index (χ0) is 26.3. The molecule has 36 heavy (non-hydrogen) atoms. The summed E-state index contributed by atoms with van der Waals surface area (Å²) < 4.78 is 0. The summed E-state index contributed by atoms with van der Waals surface area (Å²) in [5, 5.41) is 17.9. The van der Waals surface area contributed by atoms with Gasteiger partial charge in [0.15, 0.2) is 0 Å². The molecule has 0 radical (unpaired) electrons. The molecule has 1 saturated carbocycles. The van der Waals surface area contributed by atoms with Crippen molar-refractivity contribution >= 4 is 23.6 Å². The van der Waals surface area contributed by atoms with E-state index in [1.165, 1.54) is 25.7 Å². The molecule has 202 valence electrons. The lowest BCUT2D eigenvalue weighted by atomic mass is 9.72. The SMILES string of the molecule is CSC[C@@H](C)C(=O)N[C@@H](Cc1ccccc1)[C@H](O)CN1C[C@H]2CCCC[C@H]2C[C@H]1C(=O)NC(C)(C)C. The van der Waals surface area contributed by atoms with Crippen LogP contribution in [0.25, 0.3) is 0 Å². The number of aliphatic hydroxyl groups is 1. The number of thioether (sulfide) groups is 1. The van der Waals surface area contributed by atoms with Crippen molar-refractivity contribution in [3.8, 4) is 0 Å². The molecule has 1 saturated heterocycles. The van der Waals surface area contributed by atoms with Gasteiger partial charge in [0.2, 0.25) is 11.8 Å². The number of β-amino-alcohol motifs (C(OH)–C–C–N with tert-alkyl or cyclic N) is 1. The molecule has 1 aliphatic carbocycles. The zero-order valence-electron chi connectivity index (χ0n) is 22.8. The number of carbonyl (C=O) groups excluding carboxylic acids is 2. The van der Waals surface area contributed by atoms with Crippen molar-refractivity contribution in [2.24, 2.45) is 17.8 Å². The maximum atomic E-state index is 13.4. The van der Waals surface area contributed by atoms with E-state index in [1.54, 1.807) is 11.8 Å². The largest absolute Gasteiger partial charge is 0.390 e. The van der Waals surface area contributed by atoms with Crippen molar-refractivity contribution in [2.75, 3.05) is 25.1 Å². The lowest BCUT2D eigenvalue weighted by Gasteiger charge is -2.47. The molecule has 0 aromatic heterocycles. The second-order valence-corrected chi connectivity index (χ2v) is 12.9. The van der Waals surface area contributed by atoms with Crippen LogP contribution in [0.3, 0.4) is 0 Å². The lowest BCUT2D eigenvalue weighted by Crippen LogP contribution is -2.60. The number of aliphatic hydroxyl groups excluding tert-OH is 1. The van der Waals surface area contributed by atoms with Gasteiger partial charge < -0.3 is 15.7 Å². The van der Waals surface area contributed by atoms with E-state index < -0.39 is 12.1 Å². The highest BCUT2D eigenvalue weighted by molar-refractivity contribution is 7.98. The summed E-state index contributed by atoms with van der Waals surface area (Å²) in [6.07, 6.45) is 7.51. The third-order valence-corrected chi connectivity index (χ3v) is 8.51. The number of carbonyl (C=O) groups is 2. The minimum absolute atomic E-state index is 0.0302. The van der Waals surface area contributed by atoms with E-state index in [-0.39, 0.29) is 29.3 Å². The van der Waals surface area contributed by atoms with Crippen molar-refractivity contribution < 1.29 is 14.7 Å². The fourth-order valence-corrected chi connectivity index (χ4v) is 6.45. The fraction of sp³-hybridized carbons (Fsp3) is 0.724. The van der Waals surface area contributed by atoms with E-state index in [4.69, 9.17) is 0 Å². The van der Waals surface area contributed by atoms with Crippen LogP contribution in [0, 0.1) is 17.8 Å². The molecule has 6 nitrogen and oxygen atoms in total. The Kier molecular flexibility index (Phi) is 10.7. The third-order valence-electron chi connectivity index (χ3n) is 7.68. The Balaban J connectivity index is 1.78. The Morgan fingerprint density at radius 1 is 1.14 bits per heavy atom. The predicted octanol–water partition coefficient (Wildman–Crippen LogP) is 3.87. The van der Waals surface area contributed by atoms with E-state index >= 15 is 0 Å². The second-order valence-electron chi connectivity index (χ2n) is 12.0. The number of nitrogens with one attached hydrogen (secondary N) is 2. The smallest absolute Gasteiger partial charge is 0.237 e. The number of amides is 2. The molecule has 7 heteroatoms. The first-order valence-electron chi connectivity index (χ1n) is 13.6. The summed E-state index contributed by atoms with van der Waals surface area (Å²) in [5.74, 6) is 1.79. The van der Waals surface area contributed by atoms with Crippen LogP contribution in [0.5, 0.6) is 0 Å². The molecule has 2 amide bonds. The lowest BCUT2D eigenvalue weighted by molar-refractivity contribution is -0.133. The highest BCUT2D eigenvalue weighted by atomic mass is 32.2. The molecule has 1 aromatic rings. The van der Waals surface area contributed by atoms with E-state index in [9.17, 15) is 14.7 Å². The maximum Gasteiger partial charge on any atom is 0.237 e. The van der Waals surface area contributed by atoms with Crippen LogP contribution in [0.1, 0.15) is 65.4 Å². The van der Waals surface area contributed by atoms with Gasteiger partial charge in [-0.25, -0.2) is 0 Å². The molecule has 3 rings (SSSR count). The summed E-state index contributed by atoms with van der Waals surface area (Å²) in [6, 6.07) is 9.34. The number of piperidine rings is 1. The zero-order valence-corrected chi connectivity index (χ0v) is 23.7. The van der Waals surface area contributed by atoms with E-state index in [2.05, 4.69) is 15.5 Å². The Labute approximate surface area is 222 Å². The van der Waals surface area contributed by atoms with Crippen molar-refractivity contribution in [2.45, 2.75) is 89.9 Å². The van der Waals surface area contributed by atoms with Gasteiger partial charge in [-0.1, -0.05) is 56.5 Å². The quantitative estimate of drug-likeness (QED) is 0.439. The van der Waals surface area contributed by atoms with Gasteiger partial charge in [-0.15, -0.1) is 0 Å². The van der Waals surface area contributed by atoms with Gasteiger partial charge in [0, 0.05) is 30.3 Å². The predicted molar refractivity (Wildman–Crippen MR) is 149 cm³/mol.